The fraction of sp³-hybridized carbons (Fsp3) is 0.429. The van der Waals surface area contributed by atoms with Gasteiger partial charge in [0.2, 0.25) is 0 Å². The number of halogens is 2. The molecule has 0 fully saturated rings. The topological polar surface area (TPSA) is 0 Å². The Labute approximate surface area is 131 Å². The molecule has 0 heterocycles. The van der Waals surface area contributed by atoms with Gasteiger partial charge in [0.25, 0.3) is 0 Å². The first-order valence-electron chi connectivity index (χ1n) is 6.00. The fourth-order valence-electron chi connectivity index (χ4n) is 2.50. The molecule has 0 saturated heterocycles. The van der Waals surface area contributed by atoms with Crippen molar-refractivity contribution in [3.63, 3.8) is 0 Å². The normalized spacial score (nSPS) is 16.9. The first-order valence-corrected chi connectivity index (χ1v) is 14.6. The van der Waals surface area contributed by atoms with E-state index in [1.807, 2.05) is 6.56 Å². The van der Waals surface area contributed by atoms with Crippen LogP contribution in [-0.2, 0) is 20.4 Å². The van der Waals surface area contributed by atoms with Crippen LogP contribution in [-0.4, -0.2) is 5.43 Å². The van der Waals surface area contributed by atoms with Crippen molar-refractivity contribution in [3.05, 3.63) is 42.0 Å². The average Bonchev–Trinajstić information content (AvgIpc) is 2.79. The van der Waals surface area contributed by atoms with E-state index in [2.05, 4.69) is 51.2 Å². The van der Waals surface area contributed by atoms with E-state index in [-0.39, 0.29) is 30.2 Å². The summed E-state index contributed by atoms with van der Waals surface area (Å²) in [4.78, 5) is 0. The summed E-state index contributed by atoms with van der Waals surface area (Å²) in [6, 6.07) is 0. The molecule has 18 heavy (non-hydrogen) atoms. The van der Waals surface area contributed by atoms with Gasteiger partial charge in [-0.25, -0.2) is 0 Å². The van der Waals surface area contributed by atoms with Gasteiger partial charge in [-0.2, -0.15) is 0 Å². The van der Waals surface area contributed by atoms with E-state index in [4.69, 9.17) is 0 Å². The SMILES string of the molecule is CC1=C(C)C[C]([Zr]([C]2=CC=CC2)=[Si](C)C)=C1.Cl.Cl. The molecule has 2 aliphatic rings. The number of hydrogen-bond acceptors (Lipinski definition) is 0. The van der Waals surface area contributed by atoms with Gasteiger partial charge in [0, 0.05) is 0 Å². The van der Waals surface area contributed by atoms with Gasteiger partial charge in [-0.05, 0) is 0 Å². The van der Waals surface area contributed by atoms with Gasteiger partial charge < -0.3 is 0 Å². The maximum atomic E-state index is 2.53. The van der Waals surface area contributed by atoms with Gasteiger partial charge >= 0.3 is 108 Å². The van der Waals surface area contributed by atoms with E-state index in [9.17, 15) is 0 Å². The van der Waals surface area contributed by atoms with Gasteiger partial charge in [-0.15, -0.1) is 24.8 Å². The second-order valence-electron chi connectivity index (χ2n) is 5.01. The first-order chi connectivity index (χ1) is 7.59. The zero-order valence-corrected chi connectivity index (χ0v) is 16.6. The molecule has 0 spiro atoms. The number of rotatable bonds is 2. The van der Waals surface area contributed by atoms with Crippen molar-refractivity contribution in [1.82, 2.24) is 0 Å². The summed E-state index contributed by atoms with van der Waals surface area (Å²) < 4.78 is 3.71. The molecule has 0 aromatic rings. The zero-order valence-electron chi connectivity index (χ0n) is 11.5. The standard InChI is InChI=1S/C7H9.C5H5.C2H6Si.2ClH.Zr/c1-6-4-3-5-7(6)2;1-2-4-5-3-1;1-3-2;;;/h4H,5H2,1-2H3;1-3H,4H2;1-2H3;2*1H;. The van der Waals surface area contributed by atoms with Gasteiger partial charge in [0.1, 0.15) is 0 Å². The Bertz CT molecular complexity index is 478. The smallest absolute Gasteiger partial charge is 0.147 e. The molecule has 0 unspecified atom stereocenters. The van der Waals surface area contributed by atoms with Gasteiger partial charge in [0.05, 0.1) is 0 Å². The predicted molar refractivity (Wildman–Crippen MR) is 84.9 cm³/mol. The molecule has 0 aliphatic heterocycles. The Hall–Kier alpha value is 0.640. The van der Waals surface area contributed by atoms with Crippen LogP contribution in [0.25, 0.3) is 0 Å². The summed E-state index contributed by atoms with van der Waals surface area (Å²) in [7, 11) is 0. The van der Waals surface area contributed by atoms with Crippen molar-refractivity contribution in [3.8, 4) is 0 Å². The van der Waals surface area contributed by atoms with Gasteiger partial charge in [-0.1, -0.05) is 0 Å². The maximum absolute atomic E-state index is 2.53. The molecule has 0 N–H and O–H groups in total. The molecule has 0 aromatic heterocycles. The van der Waals surface area contributed by atoms with Crippen LogP contribution in [0.1, 0.15) is 26.7 Å². The average molecular weight is 381 g/mol. The summed E-state index contributed by atoms with van der Waals surface area (Å²) in [5, 5.41) is 0. The molecule has 0 saturated carbocycles. The first kappa shape index (κ1) is 18.6. The third-order valence-corrected chi connectivity index (χ3v) is 20.5. The minimum absolute atomic E-state index is 0. The quantitative estimate of drug-likeness (QED) is 0.580. The van der Waals surface area contributed by atoms with Gasteiger partial charge in [-0.3, -0.25) is 0 Å². The molecule has 0 aromatic carbocycles. The third kappa shape index (κ3) is 4.07. The van der Waals surface area contributed by atoms with Crippen LogP contribution in [0.5, 0.6) is 0 Å². The van der Waals surface area contributed by atoms with Crippen LogP contribution < -0.4 is 0 Å². The van der Waals surface area contributed by atoms with Crippen molar-refractivity contribution in [2.24, 2.45) is 0 Å². The van der Waals surface area contributed by atoms with Crippen molar-refractivity contribution in [2.45, 2.75) is 39.8 Å². The molecule has 100 valence electrons. The maximum Gasteiger partial charge on any atom is -0.147 e. The molecular formula is C14H22Cl2SiZr. The molecule has 4 heteroatoms. The minimum Gasteiger partial charge on any atom is -0.147 e. The van der Waals surface area contributed by atoms with Gasteiger partial charge in [0.15, 0.2) is 0 Å². The van der Waals surface area contributed by atoms with E-state index in [1.54, 1.807) is 11.1 Å². The Morgan fingerprint density at radius 3 is 2.17 bits per heavy atom. The Morgan fingerprint density at radius 2 is 1.78 bits per heavy atom. The van der Waals surface area contributed by atoms with Crippen LogP contribution in [0.4, 0.5) is 0 Å². The molecule has 0 nitrogen and oxygen atoms in total. The van der Waals surface area contributed by atoms with Crippen LogP contribution >= 0.6 is 24.8 Å². The predicted octanol–water partition coefficient (Wildman–Crippen LogP) is 5.17. The number of hydrogen-bond donors (Lipinski definition) is 0. The minimum atomic E-state index is -1.40. The summed E-state index contributed by atoms with van der Waals surface area (Å²) in [6.07, 6.45) is 12.1. The van der Waals surface area contributed by atoms with Crippen molar-refractivity contribution in [2.75, 3.05) is 0 Å². The summed E-state index contributed by atoms with van der Waals surface area (Å²) in [6.45, 7) is 9.64. The van der Waals surface area contributed by atoms with Crippen LogP contribution in [0.3, 0.4) is 0 Å². The summed E-state index contributed by atoms with van der Waals surface area (Å²) in [5.41, 5.74) is 3.07. The largest absolute Gasteiger partial charge is 0.147 e. The molecule has 0 bridgehead atoms. The fourth-order valence-corrected chi connectivity index (χ4v) is 19.7. The second kappa shape index (κ2) is 8.04. The second-order valence-corrected chi connectivity index (χ2v) is 22.3. The molecule has 2 rings (SSSR count). The van der Waals surface area contributed by atoms with Crippen molar-refractivity contribution < 1.29 is 20.4 Å². The summed E-state index contributed by atoms with van der Waals surface area (Å²) >= 11 is -1.40. The molecule has 0 atom stereocenters. The molecule has 0 amide bonds. The summed E-state index contributed by atoms with van der Waals surface area (Å²) in [5.74, 6) is 0. The van der Waals surface area contributed by atoms with Crippen LogP contribution in [0.2, 0.25) is 13.1 Å². The van der Waals surface area contributed by atoms with E-state index >= 15 is 0 Å². The van der Waals surface area contributed by atoms with Crippen molar-refractivity contribution >= 4 is 30.2 Å². The Morgan fingerprint density at radius 1 is 1.11 bits per heavy atom. The Kier molecular flexibility index (Phi) is 8.33. The van der Waals surface area contributed by atoms with E-state index in [0.29, 0.717) is 0 Å². The Balaban J connectivity index is 0.00000144. The van der Waals surface area contributed by atoms with E-state index in [0.717, 1.165) is 0 Å². The third-order valence-electron chi connectivity index (χ3n) is 3.43. The number of allylic oxidation sites excluding steroid dienone is 8. The van der Waals surface area contributed by atoms with E-state index < -0.39 is 20.4 Å². The molecule has 0 radical (unpaired) electrons. The van der Waals surface area contributed by atoms with E-state index in [1.165, 1.54) is 12.8 Å². The monoisotopic (exact) mass is 378 g/mol. The van der Waals surface area contributed by atoms with Crippen LogP contribution in [0.15, 0.2) is 42.0 Å². The molecular weight excluding hydrogens is 358 g/mol. The molecule has 2 aliphatic carbocycles. The zero-order chi connectivity index (χ0) is 11.7. The van der Waals surface area contributed by atoms with Crippen LogP contribution in [0, 0.1) is 0 Å². The van der Waals surface area contributed by atoms with Crippen molar-refractivity contribution in [1.29, 1.82) is 0 Å².